The zero-order chi connectivity index (χ0) is 8.97. The van der Waals surface area contributed by atoms with Crippen LogP contribution in [0.4, 0.5) is 4.79 Å². The van der Waals surface area contributed by atoms with E-state index in [4.69, 9.17) is 4.74 Å². The highest BCUT2D eigenvalue weighted by molar-refractivity contribution is 5.68. The molecule has 0 aromatic rings. The zero-order valence-corrected chi connectivity index (χ0v) is 7.67. The first-order chi connectivity index (χ1) is 5.75. The van der Waals surface area contributed by atoms with Gasteiger partial charge in [-0.2, -0.15) is 0 Å². The highest BCUT2D eigenvalue weighted by Gasteiger charge is 2.23. The predicted molar refractivity (Wildman–Crippen MR) is 46.1 cm³/mol. The van der Waals surface area contributed by atoms with Gasteiger partial charge < -0.3 is 15.0 Å². The quantitative estimate of drug-likeness (QED) is 0.624. The number of rotatable bonds is 1. The molecule has 1 N–H and O–H groups in total. The number of nitrogens with one attached hydrogen (secondary N) is 1. The molecule has 1 amide bonds. The van der Waals surface area contributed by atoms with E-state index < -0.39 is 0 Å². The van der Waals surface area contributed by atoms with Crippen LogP contribution in [0.5, 0.6) is 0 Å². The molecule has 1 rings (SSSR count). The fourth-order valence-electron chi connectivity index (χ4n) is 1.32. The first-order valence-corrected chi connectivity index (χ1v) is 4.39. The highest BCUT2D eigenvalue weighted by Crippen LogP contribution is 2.04. The van der Waals surface area contributed by atoms with E-state index >= 15 is 0 Å². The molecule has 0 saturated carbocycles. The summed E-state index contributed by atoms with van der Waals surface area (Å²) in [5.74, 6) is 0. The summed E-state index contributed by atoms with van der Waals surface area (Å²) in [6.45, 7) is 6.77. The van der Waals surface area contributed by atoms with Crippen LogP contribution in [-0.2, 0) is 4.74 Å². The van der Waals surface area contributed by atoms with Crippen LogP contribution in [0.1, 0.15) is 13.8 Å². The molecule has 1 aliphatic rings. The van der Waals surface area contributed by atoms with Crippen LogP contribution >= 0.6 is 0 Å². The minimum absolute atomic E-state index is 0.188. The van der Waals surface area contributed by atoms with Gasteiger partial charge in [-0.1, -0.05) is 0 Å². The Hall–Kier alpha value is -0.770. The Morgan fingerprint density at radius 1 is 1.75 bits per heavy atom. The van der Waals surface area contributed by atoms with Crippen LogP contribution in [0.25, 0.3) is 0 Å². The molecular formula is C8H16N2O2. The van der Waals surface area contributed by atoms with Gasteiger partial charge in [0.25, 0.3) is 0 Å². The second-order valence-corrected chi connectivity index (χ2v) is 2.95. The maximum atomic E-state index is 11.3. The van der Waals surface area contributed by atoms with Crippen molar-refractivity contribution in [2.24, 2.45) is 0 Å². The Morgan fingerprint density at radius 3 is 3.08 bits per heavy atom. The van der Waals surface area contributed by atoms with Gasteiger partial charge in [0.2, 0.25) is 0 Å². The van der Waals surface area contributed by atoms with Gasteiger partial charge in [-0.25, -0.2) is 4.79 Å². The van der Waals surface area contributed by atoms with E-state index in [9.17, 15) is 4.79 Å². The van der Waals surface area contributed by atoms with Gasteiger partial charge >= 0.3 is 6.09 Å². The van der Waals surface area contributed by atoms with Crippen LogP contribution < -0.4 is 5.32 Å². The van der Waals surface area contributed by atoms with Crippen molar-refractivity contribution < 1.29 is 9.53 Å². The average molecular weight is 172 g/mol. The molecule has 1 aliphatic heterocycles. The van der Waals surface area contributed by atoms with E-state index in [-0.39, 0.29) is 12.1 Å². The third kappa shape index (κ3) is 2.11. The number of hydrogen-bond acceptors (Lipinski definition) is 3. The van der Waals surface area contributed by atoms with Crippen LogP contribution in [0.15, 0.2) is 0 Å². The maximum Gasteiger partial charge on any atom is 0.410 e. The second kappa shape index (κ2) is 4.30. The third-order valence-corrected chi connectivity index (χ3v) is 2.00. The van der Waals surface area contributed by atoms with Gasteiger partial charge in [-0.05, 0) is 13.8 Å². The fourth-order valence-corrected chi connectivity index (χ4v) is 1.32. The van der Waals surface area contributed by atoms with Crippen molar-refractivity contribution in [1.82, 2.24) is 10.2 Å². The van der Waals surface area contributed by atoms with Gasteiger partial charge in [0.05, 0.1) is 6.61 Å². The van der Waals surface area contributed by atoms with Crippen molar-refractivity contribution in [2.75, 3.05) is 26.2 Å². The van der Waals surface area contributed by atoms with Crippen LogP contribution in [-0.4, -0.2) is 43.3 Å². The number of amides is 1. The molecule has 1 heterocycles. The van der Waals surface area contributed by atoms with E-state index in [1.165, 1.54) is 0 Å². The molecule has 4 nitrogen and oxygen atoms in total. The second-order valence-electron chi connectivity index (χ2n) is 2.95. The molecule has 12 heavy (non-hydrogen) atoms. The van der Waals surface area contributed by atoms with Crippen LogP contribution in [0, 0.1) is 0 Å². The molecule has 1 atom stereocenters. The third-order valence-electron chi connectivity index (χ3n) is 2.00. The molecule has 0 radical (unpaired) electrons. The minimum atomic E-state index is -0.188. The molecular weight excluding hydrogens is 156 g/mol. The Bertz CT molecular complexity index is 161. The fraction of sp³-hybridized carbons (Fsp3) is 0.875. The first kappa shape index (κ1) is 9.32. The smallest absolute Gasteiger partial charge is 0.410 e. The lowest BCUT2D eigenvalue weighted by molar-refractivity contribution is 0.0852. The standard InChI is InChI=1S/C8H16N2O2/c1-3-12-8(11)10-5-4-9-6-7(10)2/h7,9H,3-6H2,1-2H3. The Labute approximate surface area is 72.9 Å². The van der Waals surface area contributed by atoms with E-state index in [1.54, 1.807) is 4.90 Å². The summed E-state index contributed by atoms with van der Waals surface area (Å²) in [4.78, 5) is 13.0. The van der Waals surface area contributed by atoms with Gasteiger partial charge in [0.1, 0.15) is 0 Å². The molecule has 4 heteroatoms. The molecule has 1 unspecified atom stereocenters. The molecule has 0 aromatic heterocycles. The summed E-state index contributed by atoms with van der Waals surface area (Å²) in [6, 6.07) is 0.248. The maximum absolute atomic E-state index is 11.3. The highest BCUT2D eigenvalue weighted by atomic mass is 16.6. The summed E-state index contributed by atoms with van der Waals surface area (Å²) in [5, 5.41) is 3.21. The summed E-state index contributed by atoms with van der Waals surface area (Å²) < 4.78 is 4.91. The number of carbonyl (C=O) groups is 1. The lowest BCUT2D eigenvalue weighted by atomic mass is 10.2. The SMILES string of the molecule is CCOC(=O)N1CCNCC1C. The van der Waals surface area contributed by atoms with Crippen molar-refractivity contribution >= 4 is 6.09 Å². The van der Waals surface area contributed by atoms with Crippen molar-refractivity contribution in [2.45, 2.75) is 19.9 Å². The van der Waals surface area contributed by atoms with Crippen molar-refractivity contribution in [1.29, 1.82) is 0 Å². The molecule has 0 bridgehead atoms. The van der Waals surface area contributed by atoms with E-state index in [0.717, 1.165) is 19.6 Å². The van der Waals surface area contributed by atoms with Gasteiger partial charge in [-0.3, -0.25) is 0 Å². The monoisotopic (exact) mass is 172 g/mol. The number of carbonyl (C=O) groups excluding carboxylic acids is 1. The molecule has 1 fully saturated rings. The summed E-state index contributed by atoms with van der Waals surface area (Å²) in [5.41, 5.74) is 0. The molecule has 0 spiro atoms. The molecule has 70 valence electrons. The van der Waals surface area contributed by atoms with Crippen molar-refractivity contribution in [3.63, 3.8) is 0 Å². The summed E-state index contributed by atoms with van der Waals surface area (Å²) >= 11 is 0. The summed E-state index contributed by atoms with van der Waals surface area (Å²) in [7, 11) is 0. The Morgan fingerprint density at radius 2 is 2.50 bits per heavy atom. The number of piperazine rings is 1. The predicted octanol–water partition coefficient (Wildman–Crippen LogP) is 0.437. The van der Waals surface area contributed by atoms with E-state index in [0.29, 0.717) is 6.61 Å². The van der Waals surface area contributed by atoms with Gasteiger partial charge in [0, 0.05) is 25.7 Å². The number of nitrogens with zero attached hydrogens (tertiary/aromatic N) is 1. The normalized spacial score (nSPS) is 23.8. The number of hydrogen-bond donors (Lipinski definition) is 1. The minimum Gasteiger partial charge on any atom is -0.450 e. The largest absolute Gasteiger partial charge is 0.450 e. The van der Waals surface area contributed by atoms with Crippen LogP contribution in [0.2, 0.25) is 0 Å². The zero-order valence-electron chi connectivity index (χ0n) is 7.67. The van der Waals surface area contributed by atoms with Crippen molar-refractivity contribution in [3.8, 4) is 0 Å². The number of ether oxygens (including phenoxy) is 1. The van der Waals surface area contributed by atoms with Crippen LogP contribution in [0.3, 0.4) is 0 Å². The van der Waals surface area contributed by atoms with E-state index in [2.05, 4.69) is 5.32 Å². The first-order valence-electron chi connectivity index (χ1n) is 4.39. The molecule has 0 aliphatic carbocycles. The topological polar surface area (TPSA) is 41.6 Å². The van der Waals surface area contributed by atoms with E-state index in [1.807, 2.05) is 13.8 Å². The lowest BCUT2D eigenvalue weighted by Gasteiger charge is -2.32. The van der Waals surface area contributed by atoms with Crippen molar-refractivity contribution in [3.05, 3.63) is 0 Å². The van der Waals surface area contributed by atoms with Gasteiger partial charge in [0.15, 0.2) is 0 Å². The summed E-state index contributed by atoms with van der Waals surface area (Å²) in [6.07, 6.45) is -0.188. The average Bonchev–Trinajstić information content (AvgIpc) is 2.05. The Kier molecular flexibility index (Phi) is 3.34. The molecule has 1 saturated heterocycles. The lowest BCUT2D eigenvalue weighted by Crippen LogP contribution is -2.52. The van der Waals surface area contributed by atoms with Gasteiger partial charge in [-0.15, -0.1) is 0 Å². The molecule has 0 aromatic carbocycles. The Balaban J connectivity index is 2.42.